The van der Waals surface area contributed by atoms with Crippen molar-refractivity contribution in [3.8, 4) is 17.2 Å². The molecule has 4 aromatic rings. The Morgan fingerprint density at radius 2 is 1.43 bits per heavy atom. The van der Waals surface area contributed by atoms with Gasteiger partial charge in [-0.1, -0.05) is 60.2 Å². The molecule has 0 fully saturated rings. The quantitative estimate of drug-likeness (QED) is 0.179. The summed E-state index contributed by atoms with van der Waals surface area (Å²) in [6.45, 7) is 6.93. The Labute approximate surface area is 289 Å². The van der Waals surface area contributed by atoms with Crippen molar-refractivity contribution in [3.63, 3.8) is 0 Å². The van der Waals surface area contributed by atoms with Crippen LogP contribution in [-0.2, 0) is 32.6 Å². The molecule has 0 radical (unpaired) electrons. The van der Waals surface area contributed by atoms with E-state index >= 15 is 0 Å². The van der Waals surface area contributed by atoms with E-state index in [4.69, 9.17) is 14.2 Å². The van der Waals surface area contributed by atoms with Crippen LogP contribution in [0.1, 0.15) is 37.5 Å². The predicted octanol–water partition coefficient (Wildman–Crippen LogP) is 5.77. The molecule has 1 atom stereocenters. The van der Waals surface area contributed by atoms with E-state index < -0.39 is 34.1 Å². The van der Waals surface area contributed by atoms with Crippen molar-refractivity contribution < 1.29 is 32.2 Å². The molecule has 0 aromatic heterocycles. The van der Waals surface area contributed by atoms with E-state index in [0.717, 1.165) is 15.4 Å². The molecule has 0 aliphatic heterocycles. The molecular formula is C38H45N3O7S. The predicted molar refractivity (Wildman–Crippen MR) is 191 cm³/mol. The first-order chi connectivity index (χ1) is 23.2. The van der Waals surface area contributed by atoms with Crippen LogP contribution in [0.4, 0.5) is 5.69 Å². The zero-order chi connectivity index (χ0) is 35.8. The maximum Gasteiger partial charge on any atom is 0.264 e. The summed E-state index contributed by atoms with van der Waals surface area (Å²) in [5, 5.41) is 3.04. The number of amides is 2. The highest BCUT2D eigenvalue weighted by Gasteiger charge is 2.36. The summed E-state index contributed by atoms with van der Waals surface area (Å²) < 4.78 is 46.1. The van der Waals surface area contributed by atoms with Gasteiger partial charge >= 0.3 is 0 Å². The van der Waals surface area contributed by atoms with Crippen LogP contribution in [0.2, 0.25) is 0 Å². The monoisotopic (exact) mass is 687 g/mol. The minimum absolute atomic E-state index is 0.0171. The van der Waals surface area contributed by atoms with Crippen LogP contribution in [-0.4, -0.2) is 64.6 Å². The number of aryl methyl sites for hydroxylation is 1. The minimum atomic E-state index is -4.34. The normalized spacial score (nSPS) is 12.1. The Kier molecular flexibility index (Phi) is 12.0. The fraction of sp³-hybridized carbons (Fsp3) is 0.316. The molecule has 260 valence electrons. The molecule has 0 bridgehead atoms. The third-order valence-electron chi connectivity index (χ3n) is 7.80. The van der Waals surface area contributed by atoms with Gasteiger partial charge in [-0.2, -0.15) is 0 Å². The largest absolute Gasteiger partial charge is 0.497 e. The van der Waals surface area contributed by atoms with Gasteiger partial charge in [0.25, 0.3) is 10.0 Å². The molecule has 0 saturated carbocycles. The number of benzene rings is 4. The van der Waals surface area contributed by atoms with Crippen molar-refractivity contribution in [2.45, 2.75) is 57.1 Å². The van der Waals surface area contributed by atoms with Crippen molar-refractivity contribution in [2.75, 3.05) is 32.2 Å². The van der Waals surface area contributed by atoms with E-state index in [2.05, 4.69) is 5.32 Å². The van der Waals surface area contributed by atoms with Gasteiger partial charge < -0.3 is 24.4 Å². The zero-order valence-electron chi connectivity index (χ0n) is 29.1. The first-order valence-electron chi connectivity index (χ1n) is 15.9. The topological polar surface area (TPSA) is 114 Å². The van der Waals surface area contributed by atoms with Gasteiger partial charge in [-0.05, 0) is 75.2 Å². The Bertz CT molecular complexity index is 1840. The summed E-state index contributed by atoms with van der Waals surface area (Å²) in [6, 6.07) is 26.8. The molecule has 1 N–H and O–H groups in total. The number of anilines is 1. The second kappa shape index (κ2) is 15.9. The summed E-state index contributed by atoms with van der Waals surface area (Å²) >= 11 is 0. The summed E-state index contributed by atoms with van der Waals surface area (Å²) in [6.07, 6.45) is 0.200. The molecule has 4 aromatic carbocycles. The average molecular weight is 688 g/mol. The average Bonchev–Trinajstić information content (AvgIpc) is 3.08. The number of methoxy groups -OCH3 is 3. The lowest BCUT2D eigenvalue weighted by molar-refractivity contribution is -0.140. The molecule has 0 aliphatic rings. The van der Waals surface area contributed by atoms with E-state index in [9.17, 15) is 18.0 Å². The van der Waals surface area contributed by atoms with Crippen LogP contribution in [0.25, 0.3) is 0 Å². The zero-order valence-corrected chi connectivity index (χ0v) is 29.9. The van der Waals surface area contributed by atoms with Gasteiger partial charge in [0, 0.05) is 24.6 Å². The maximum absolute atomic E-state index is 14.7. The van der Waals surface area contributed by atoms with Crippen molar-refractivity contribution >= 4 is 27.5 Å². The summed E-state index contributed by atoms with van der Waals surface area (Å²) in [4.78, 5) is 30.2. The van der Waals surface area contributed by atoms with E-state index in [1.807, 2.05) is 64.1 Å². The molecule has 10 nitrogen and oxygen atoms in total. The Morgan fingerprint density at radius 3 is 2.04 bits per heavy atom. The highest BCUT2D eigenvalue weighted by atomic mass is 32.2. The van der Waals surface area contributed by atoms with Crippen LogP contribution in [0.3, 0.4) is 0 Å². The molecule has 0 unspecified atom stereocenters. The molecular weight excluding hydrogens is 642 g/mol. The Morgan fingerprint density at radius 1 is 0.776 bits per heavy atom. The first-order valence-corrected chi connectivity index (χ1v) is 17.3. The van der Waals surface area contributed by atoms with Crippen LogP contribution in [0.5, 0.6) is 17.2 Å². The standard InChI is InChI=1S/C38H45N3O7S/c1-27-16-18-30(19-17-27)41(49(44,45)32-20-21-34(47-6)35(24-32)48-7)26-36(42)40(25-29-14-11-15-31(22-29)46-5)33(37(43)39-38(2,3)4)23-28-12-9-8-10-13-28/h8-22,24,33H,23,25-26H2,1-7H3,(H,39,43)/t33-/m0/s1. The van der Waals surface area contributed by atoms with E-state index in [1.54, 1.807) is 49.6 Å². The maximum atomic E-state index is 14.7. The number of hydrogen-bond acceptors (Lipinski definition) is 7. The number of ether oxygens (including phenoxy) is 3. The molecule has 0 aliphatic carbocycles. The van der Waals surface area contributed by atoms with Gasteiger partial charge in [-0.3, -0.25) is 13.9 Å². The number of carbonyl (C=O) groups excluding carboxylic acids is 2. The second-order valence-corrected chi connectivity index (χ2v) is 14.5. The lowest BCUT2D eigenvalue weighted by atomic mass is 10.0. The highest BCUT2D eigenvalue weighted by molar-refractivity contribution is 7.92. The van der Waals surface area contributed by atoms with Crippen molar-refractivity contribution in [1.29, 1.82) is 0 Å². The Hall–Kier alpha value is -5.03. The van der Waals surface area contributed by atoms with E-state index in [1.165, 1.54) is 37.3 Å². The van der Waals surface area contributed by atoms with Crippen molar-refractivity contribution in [2.24, 2.45) is 0 Å². The summed E-state index contributed by atoms with van der Waals surface area (Å²) in [5.74, 6) is 0.230. The van der Waals surface area contributed by atoms with E-state index in [0.29, 0.717) is 17.1 Å². The third kappa shape index (κ3) is 9.54. The third-order valence-corrected chi connectivity index (χ3v) is 9.57. The smallest absolute Gasteiger partial charge is 0.264 e. The molecule has 11 heteroatoms. The van der Waals surface area contributed by atoms with Crippen LogP contribution in [0, 0.1) is 6.92 Å². The fourth-order valence-corrected chi connectivity index (χ4v) is 6.75. The minimum Gasteiger partial charge on any atom is -0.497 e. The van der Waals surface area contributed by atoms with Gasteiger partial charge in [0.2, 0.25) is 11.8 Å². The molecule has 0 spiro atoms. The molecule has 2 amide bonds. The number of sulfonamides is 1. The molecule has 0 saturated heterocycles. The van der Waals surface area contributed by atoms with Crippen LogP contribution in [0.15, 0.2) is 102 Å². The van der Waals surface area contributed by atoms with Crippen LogP contribution >= 0.6 is 0 Å². The SMILES string of the molecule is COc1cccc(CN(C(=O)CN(c2ccc(C)cc2)S(=O)(=O)c2ccc(OC)c(OC)c2)[C@@H](Cc2ccccc2)C(=O)NC(C)(C)C)c1. The van der Waals surface area contributed by atoms with Crippen molar-refractivity contribution in [1.82, 2.24) is 10.2 Å². The number of hydrogen-bond donors (Lipinski definition) is 1. The van der Waals surface area contributed by atoms with Gasteiger partial charge in [0.15, 0.2) is 11.5 Å². The number of carbonyl (C=O) groups is 2. The summed E-state index contributed by atoms with van der Waals surface area (Å²) in [7, 11) is 0.0889. The molecule has 49 heavy (non-hydrogen) atoms. The van der Waals surface area contributed by atoms with Crippen LogP contribution < -0.4 is 23.8 Å². The highest BCUT2D eigenvalue weighted by Crippen LogP contribution is 2.32. The second-order valence-electron chi connectivity index (χ2n) is 12.7. The van der Waals surface area contributed by atoms with Crippen molar-refractivity contribution in [3.05, 3.63) is 114 Å². The van der Waals surface area contributed by atoms with Gasteiger partial charge in [-0.15, -0.1) is 0 Å². The lowest BCUT2D eigenvalue weighted by Crippen LogP contribution is -2.56. The van der Waals surface area contributed by atoms with Gasteiger partial charge in [0.05, 0.1) is 31.9 Å². The number of nitrogens with one attached hydrogen (secondary N) is 1. The molecule has 0 heterocycles. The summed E-state index contributed by atoms with van der Waals surface area (Å²) in [5.41, 5.74) is 2.16. The van der Waals surface area contributed by atoms with Gasteiger partial charge in [-0.25, -0.2) is 8.42 Å². The number of nitrogens with zero attached hydrogens (tertiary/aromatic N) is 2. The lowest BCUT2D eigenvalue weighted by Gasteiger charge is -2.35. The number of rotatable bonds is 14. The Balaban J connectivity index is 1.85. The first kappa shape index (κ1) is 36.8. The van der Waals surface area contributed by atoms with Gasteiger partial charge in [0.1, 0.15) is 18.3 Å². The fourth-order valence-electron chi connectivity index (χ4n) is 5.32. The van der Waals surface area contributed by atoms with E-state index in [-0.39, 0.29) is 35.2 Å². The molecule has 4 rings (SSSR count).